The first-order chi connectivity index (χ1) is 5.43. The molecule has 1 heterocycles. The van der Waals surface area contributed by atoms with Crippen LogP contribution in [0.5, 0.6) is 0 Å². The lowest BCUT2D eigenvalue weighted by molar-refractivity contribution is 0.0376. The van der Waals surface area contributed by atoms with Crippen LogP contribution in [0.1, 0.15) is 6.42 Å². The highest BCUT2D eigenvalue weighted by Gasteiger charge is 2.08. The van der Waals surface area contributed by atoms with Crippen molar-refractivity contribution in [2.24, 2.45) is 0 Å². The van der Waals surface area contributed by atoms with E-state index in [0.717, 1.165) is 39.4 Å². The van der Waals surface area contributed by atoms with Gasteiger partial charge in [0, 0.05) is 19.6 Å². The van der Waals surface area contributed by atoms with Crippen molar-refractivity contribution in [3.05, 3.63) is 0 Å². The zero-order chi connectivity index (χ0) is 7.94. The fraction of sp³-hybridized carbons (Fsp3) is 1.00. The summed E-state index contributed by atoms with van der Waals surface area (Å²) in [5, 5.41) is 0. The summed E-state index contributed by atoms with van der Waals surface area (Å²) in [6, 6.07) is 0. The van der Waals surface area contributed by atoms with Crippen LogP contribution < -0.4 is 4.72 Å². The molecular weight excluding hydrogens is 160 g/mol. The largest absolute Gasteiger partial charge is 0.379 e. The van der Waals surface area contributed by atoms with Gasteiger partial charge in [0.25, 0.3) is 0 Å². The smallest absolute Gasteiger partial charge is 0.0594 e. The van der Waals surface area contributed by atoms with Gasteiger partial charge < -0.3 is 4.74 Å². The molecule has 1 fully saturated rings. The molecular formula is C7H16N2OS. The van der Waals surface area contributed by atoms with E-state index in [2.05, 4.69) is 22.4 Å². The molecule has 1 rings (SSSR count). The number of hydrogen-bond acceptors (Lipinski definition) is 4. The monoisotopic (exact) mass is 176 g/mol. The summed E-state index contributed by atoms with van der Waals surface area (Å²) < 4.78 is 8.08. The number of hydrogen-bond donors (Lipinski definition) is 2. The third-order valence-electron chi connectivity index (χ3n) is 1.87. The SMILES string of the molecule is SNCCCN1CCOCC1. The number of nitrogens with zero attached hydrogens (tertiary/aromatic N) is 1. The van der Waals surface area contributed by atoms with Crippen molar-refractivity contribution in [3.63, 3.8) is 0 Å². The molecule has 0 aromatic heterocycles. The van der Waals surface area contributed by atoms with Gasteiger partial charge in [-0.1, -0.05) is 12.8 Å². The molecule has 0 saturated carbocycles. The zero-order valence-electron chi connectivity index (χ0n) is 6.75. The van der Waals surface area contributed by atoms with Crippen LogP contribution >= 0.6 is 12.8 Å². The summed E-state index contributed by atoms with van der Waals surface area (Å²) in [6.45, 7) is 6.12. The normalized spacial score (nSPS) is 20.5. The molecule has 0 bridgehead atoms. The van der Waals surface area contributed by atoms with Crippen molar-refractivity contribution < 1.29 is 4.74 Å². The molecule has 1 N–H and O–H groups in total. The fourth-order valence-corrected chi connectivity index (χ4v) is 1.36. The molecule has 0 aromatic carbocycles. The van der Waals surface area contributed by atoms with Crippen LogP contribution in [0.2, 0.25) is 0 Å². The molecule has 4 heteroatoms. The molecule has 1 saturated heterocycles. The maximum Gasteiger partial charge on any atom is 0.0594 e. The Morgan fingerprint density at radius 3 is 2.73 bits per heavy atom. The molecule has 0 aliphatic carbocycles. The number of ether oxygens (including phenoxy) is 1. The standard InChI is InChI=1S/C7H16N2OS/c11-8-2-1-3-9-4-6-10-7-5-9/h8,11H,1-7H2. The summed E-state index contributed by atoms with van der Waals surface area (Å²) in [7, 11) is 0. The van der Waals surface area contributed by atoms with Crippen LogP contribution in [0.3, 0.4) is 0 Å². The first-order valence-corrected chi connectivity index (χ1v) is 4.55. The van der Waals surface area contributed by atoms with E-state index >= 15 is 0 Å². The van der Waals surface area contributed by atoms with Crippen molar-refractivity contribution in [2.75, 3.05) is 39.4 Å². The topological polar surface area (TPSA) is 24.5 Å². The highest BCUT2D eigenvalue weighted by atomic mass is 32.1. The van der Waals surface area contributed by atoms with Crippen molar-refractivity contribution in [3.8, 4) is 0 Å². The maximum absolute atomic E-state index is 5.23. The van der Waals surface area contributed by atoms with Gasteiger partial charge in [0.1, 0.15) is 0 Å². The molecule has 1 aliphatic heterocycles. The van der Waals surface area contributed by atoms with E-state index in [4.69, 9.17) is 4.74 Å². The van der Waals surface area contributed by atoms with E-state index in [1.54, 1.807) is 0 Å². The number of thiol groups is 1. The van der Waals surface area contributed by atoms with Gasteiger partial charge in [-0.05, 0) is 13.0 Å². The van der Waals surface area contributed by atoms with Crippen LogP contribution in [0.25, 0.3) is 0 Å². The van der Waals surface area contributed by atoms with E-state index in [1.807, 2.05) is 0 Å². The van der Waals surface area contributed by atoms with Gasteiger partial charge in [0.2, 0.25) is 0 Å². The van der Waals surface area contributed by atoms with Crippen molar-refractivity contribution in [1.82, 2.24) is 9.62 Å². The molecule has 11 heavy (non-hydrogen) atoms. The van der Waals surface area contributed by atoms with Crippen molar-refractivity contribution >= 4 is 12.8 Å². The second-order valence-electron chi connectivity index (χ2n) is 2.72. The first-order valence-electron chi connectivity index (χ1n) is 4.10. The van der Waals surface area contributed by atoms with Crippen LogP contribution in [0.4, 0.5) is 0 Å². The highest BCUT2D eigenvalue weighted by Crippen LogP contribution is 1.96. The van der Waals surface area contributed by atoms with Crippen LogP contribution in [-0.2, 0) is 4.74 Å². The van der Waals surface area contributed by atoms with E-state index in [9.17, 15) is 0 Å². The molecule has 0 atom stereocenters. The van der Waals surface area contributed by atoms with E-state index in [0.29, 0.717) is 0 Å². The number of morpholine rings is 1. The van der Waals surface area contributed by atoms with Gasteiger partial charge in [0.15, 0.2) is 0 Å². The lowest BCUT2D eigenvalue weighted by Gasteiger charge is -2.26. The number of rotatable bonds is 4. The quantitative estimate of drug-likeness (QED) is 0.471. The average molecular weight is 176 g/mol. The average Bonchev–Trinajstić information content (AvgIpc) is 2.07. The summed E-state index contributed by atoms with van der Waals surface area (Å²) in [4.78, 5) is 2.43. The Labute approximate surface area is 73.6 Å². The Morgan fingerprint density at radius 1 is 1.36 bits per heavy atom. The summed E-state index contributed by atoms with van der Waals surface area (Å²) in [5.41, 5.74) is 0. The lowest BCUT2D eigenvalue weighted by Crippen LogP contribution is -2.37. The van der Waals surface area contributed by atoms with Gasteiger partial charge in [-0.15, -0.1) is 0 Å². The first kappa shape index (κ1) is 9.32. The predicted octanol–water partition coefficient (Wildman–Crippen LogP) is 0.143. The van der Waals surface area contributed by atoms with E-state index < -0.39 is 0 Å². The second-order valence-corrected chi connectivity index (χ2v) is 3.03. The van der Waals surface area contributed by atoms with Gasteiger partial charge >= 0.3 is 0 Å². The van der Waals surface area contributed by atoms with Gasteiger partial charge in [0.05, 0.1) is 13.2 Å². The molecule has 0 spiro atoms. The van der Waals surface area contributed by atoms with Gasteiger partial charge in [-0.3, -0.25) is 9.62 Å². The minimum Gasteiger partial charge on any atom is -0.379 e. The molecule has 0 unspecified atom stereocenters. The van der Waals surface area contributed by atoms with E-state index in [1.165, 1.54) is 6.42 Å². The summed E-state index contributed by atoms with van der Waals surface area (Å²) in [6.07, 6.45) is 1.17. The van der Waals surface area contributed by atoms with Crippen LogP contribution in [-0.4, -0.2) is 44.3 Å². The summed E-state index contributed by atoms with van der Waals surface area (Å²) in [5.74, 6) is 0. The minimum absolute atomic E-state index is 0.897. The van der Waals surface area contributed by atoms with Gasteiger partial charge in [-0.2, -0.15) is 0 Å². The molecule has 0 amide bonds. The Kier molecular flexibility index (Phi) is 4.94. The third kappa shape index (κ3) is 3.96. The fourth-order valence-electron chi connectivity index (χ4n) is 1.21. The summed E-state index contributed by atoms with van der Waals surface area (Å²) >= 11 is 3.93. The molecule has 3 nitrogen and oxygen atoms in total. The number of nitrogens with one attached hydrogen (secondary N) is 1. The van der Waals surface area contributed by atoms with Crippen molar-refractivity contribution in [2.45, 2.75) is 6.42 Å². The van der Waals surface area contributed by atoms with Gasteiger partial charge in [-0.25, -0.2) is 0 Å². The minimum atomic E-state index is 0.897. The molecule has 1 aliphatic rings. The second kappa shape index (κ2) is 5.83. The Morgan fingerprint density at radius 2 is 2.09 bits per heavy atom. The molecule has 66 valence electrons. The lowest BCUT2D eigenvalue weighted by atomic mass is 10.3. The Balaban J connectivity index is 1.96. The zero-order valence-corrected chi connectivity index (χ0v) is 7.65. The highest BCUT2D eigenvalue weighted by molar-refractivity contribution is 7.78. The predicted molar refractivity (Wildman–Crippen MR) is 48.9 cm³/mol. The Hall–Kier alpha value is 0.230. The molecule has 0 aromatic rings. The van der Waals surface area contributed by atoms with Crippen LogP contribution in [0, 0.1) is 0 Å². The maximum atomic E-state index is 5.23. The van der Waals surface area contributed by atoms with E-state index in [-0.39, 0.29) is 0 Å². The van der Waals surface area contributed by atoms with Crippen molar-refractivity contribution in [1.29, 1.82) is 0 Å². The Bertz CT molecular complexity index is 96.4. The molecule has 0 radical (unpaired) electrons. The van der Waals surface area contributed by atoms with Crippen LogP contribution in [0.15, 0.2) is 0 Å². The third-order valence-corrected chi connectivity index (χ3v) is 2.09.